The average molecular weight is 295 g/mol. The molecule has 3 heteroatoms. The number of likely N-dealkylation sites (tertiary alicyclic amines) is 1. The summed E-state index contributed by atoms with van der Waals surface area (Å²) in [5.41, 5.74) is 1.30. The molecule has 1 fully saturated rings. The van der Waals surface area contributed by atoms with Gasteiger partial charge in [0.05, 0.1) is 0 Å². The van der Waals surface area contributed by atoms with Gasteiger partial charge >= 0.3 is 0 Å². The first-order chi connectivity index (χ1) is 9.60. The molecule has 2 rings (SSSR count). The molecule has 1 aromatic rings. The van der Waals surface area contributed by atoms with E-state index in [9.17, 15) is 0 Å². The molecule has 1 aromatic carbocycles. The Labute approximate surface area is 128 Å². The van der Waals surface area contributed by atoms with Crippen molar-refractivity contribution in [1.82, 2.24) is 10.2 Å². The van der Waals surface area contributed by atoms with Crippen LogP contribution in [0.5, 0.6) is 0 Å². The normalized spacial score (nSPS) is 21.6. The predicted octanol–water partition coefficient (Wildman–Crippen LogP) is 4.11. The van der Waals surface area contributed by atoms with Gasteiger partial charge in [-0.1, -0.05) is 30.7 Å². The Kier molecular flexibility index (Phi) is 5.88. The summed E-state index contributed by atoms with van der Waals surface area (Å²) in [6, 6.07) is 9.32. The second-order valence-electron chi connectivity index (χ2n) is 6.17. The highest BCUT2D eigenvalue weighted by atomic mass is 35.5. The molecule has 112 valence electrons. The minimum atomic E-state index is 0.418. The quantitative estimate of drug-likeness (QED) is 0.849. The van der Waals surface area contributed by atoms with Crippen LogP contribution in [0.2, 0.25) is 5.02 Å². The predicted molar refractivity (Wildman–Crippen MR) is 87.3 cm³/mol. The maximum Gasteiger partial charge on any atom is 0.0409 e. The van der Waals surface area contributed by atoms with Crippen LogP contribution in [-0.2, 0) is 0 Å². The van der Waals surface area contributed by atoms with E-state index < -0.39 is 0 Å². The van der Waals surface area contributed by atoms with E-state index in [1.54, 1.807) is 0 Å². The lowest BCUT2D eigenvalue weighted by molar-refractivity contribution is 0.262. The van der Waals surface area contributed by atoms with Gasteiger partial charge in [0.15, 0.2) is 0 Å². The van der Waals surface area contributed by atoms with Crippen LogP contribution < -0.4 is 5.32 Å². The summed E-state index contributed by atoms with van der Waals surface area (Å²) in [5.74, 6) is 0.783. The van der Waals surface area contributed by atoms with Crippen molar-refractivity contribution in [3.63, 3.8) is 0 Å². The molecule has 1 aliphatic rings. The van der Waals surface area contributed by atoms with Crippen LogP contribution in [0.3, 0.4) is 0 Å². The molecule has 2 unspecified atom stereocenters. The zero-order valence-corrected chi connectivity index (χ0v) is 13.7. The highest BCUT2D eigenvalue weighted by Gasteiger charge is 2.24. The number of hydrogen-bond donors (Lipinski definition) is 1. The lowest BCUT2D eigenvalue weighted by Crippen LogP contribution is -2.31. The van der Waals surface area contributed by atoms with Gasteiger partial charge in [-0.15, -0.1) is 0 Å². The van der Waals surface area contributed by atoms with E-state index in [2.05, 4.69) is 43.1 Å². The minimum absolute atomic E-state index is 0.418. The molecule has 0 amide bonds. The molecule has 0 saturated carbocycles. The second kappa shape index (κ2) is 7.44. The zero-order valence-electron chi connectivity index (χ0n) is 12.9. The van der Waals surface area contributed by atoms with Crippen LogP contribution >= 0.6 is 11.6 Å². The maximum absolute atomic E-state index is 6.09. The summed E-state index contributed by atoms with van der Waals surface area (Å²) in [4.78, 5) is 2.58. The number of benzene rings is 1. The zero-order chi connectivity index (χ0) is 14.5. The molecule has 20 heavy (non-hydrogen) atoms. The van der Waals surface area contributed by atoms with Crippen LogP contribution in [0.4, 0.5) is 0 Å². The number of hydrogen-bond acceptors (Lipinski definition) is 2. The van der Waals surface area contributed by atoms with Gasteiger partial charge in [-0.3, -0.25) is 0 Å². The Hall–Kier alpha value is -0.570. The third-order valence-electron chi connectivity index (χ3n) is 4.36. The topological polar surface area (TPSA) is 15.3 Å². The van der Waals surface area contributed by atoms with Gasteiger partial charge < -0.3 is 10.2 Å². The van der Waals surface area contributed by atoms with Gasteiger partial charge in [0.25, 0.3) is 0 Å². The van der Waals surface area contributed by atoms with E-state index in [-0.39, 0.29) is 0 Å². The number of nitrogens with zero attached hydrogens (tertiary/aromatic N) is 1. The van der Waals surface area contributed by atoms with Crippen molar-refractivity contribution in [2.75, 3.05) is 19.6 Å². The number of nitrogens with one attached hydrogen (secondary N) is 1. The highest BCUT2D eigenvalue weighted by Crippen LogP contribution is 2.22. The minimum Gasteiger partial charge on any atom is -0.310 e. The Bertz CT molecular complexity index is 419. The summed E-state index contributed by atoms with van der Waals surface area (Å²) in [6.07, 6.45) is 2.41. The summed E-state index contributed by atoms with van der Waals surface area (Å²) in [5, 5.41) is 4.56. The third kappa shape index (κ3) is 4.21. The maximum atomic E-state index is 6.09. The molecule has 1 saturated heterocycles. The van der Waals surface area contributed by atoms with Crippen LogP contribution in [0.1, 0.15) is 45.2 Å². The fraction of sp³-hybridized carbons (Fsp3) is 0.647. The molecular formula is C17H27ClN2. The Morgan fingerprint density at radius 3 is 2.80 bits per heavy atom. The SMILES string of the molecule is CCC(NCC1CCN(C(C)C)C1)c1cccc(Cl)c1. The lowest BCUT2D eigenvalue weighted by Gasteiger charge is -2.22. The molecule has 0 bridgehead atoms. The summed E-state index contributed by atoms with van der Waals surface area (Å²) >= 11 is 6.09. The average Bonchev–Trinajstić information content (AvgIpc) is 2.88. The Balaban J connectivity index is 1.86. The van der Waals surface area contributed by atoms with Gasteiger partial charge in [0.2, 0.25) is 0 Å². The lowest BCUT2D eigenvalue weighted by atomic mass is 10.0. The summed E-state index contributed by atoms with van der Waals surface area (Å²) in [7, 11) is 0. The van der Waals surface area contributed by atoms with E-state index in [4.69, 9.17) is 11.6 Å². The molecule has 0 radical (unpaired) electrons. The van der Waals surface area contributed by atoms with Gasteiger partial charge in [0, 0.05) is 23.7 Å². The largest absolute Gasteiger partial charge is 0.310 e. The van der Waals surface area contributed by atoms with Crippen molar-refractivity contribution >= 4 is 11.6 Å². The molecular weight excluding hydrogens is 268 g/mol. The third-order valence-corrected chi connectivity index (χ3v) is 4.59. The van der Waals surface area contributed by atoms with Crippen LogP contribution in [-0.4, -0.2) is 30.6 Å². The van der Waals surface area contributed by atoms with Gasteiger partial charge in [-0.25, -0.2) is 0 Å². The van der Waals surface area contributed by atoms with Crippen molar-refractivity contribution < 1.29 is 0 Å². The van der Waals surface area contributed by atoms with Crippen molar-refractivity contribution in [2.45, 2.75) is 45.7 Å². The number of halogens is 1. The molecule has 1 heterocycles. The van der Waals surface area contributed by atoms with Crippen molar-refractivity contribution in [3.05, 3.63) is 34.9 Å². The monoisotopic (exact) mass is 294 g/mol. The highest BCUT2D eigenvalue weighted by molar-refractivity contribution is 6.30. The molecule has 0 spiro atoms. The van der Waals surface area contributed by atoms with E-state index >= 15 is 0 Å². The van der Waals surface area contributed by atoms with Gasteiger partial charge in [0.1, 0.15) is 0 Å². The van der Waals surface area contributed by atoms with Crippen molar-refractivity contribution in [3.8, 4) is 0 Å². The second-order valence-corrected chi connectivity index (χ2v) is 6.60. The van der Waals surface area contributed by atoms with Crippen molar-refractivity contribution in [2.24, 2.45) is 5.92 Å². The first-order valence-electron chi connectivity index (χ1n) is 7.83. The molecule has 2 nitrogen and oxygen atoms in total. The van der Waals surface area contributed by atoms with Crippen LogP contribution in [0.25, 0.3) is 0 Å². The standard InChI is InChI=1S/C17H27ClN2/c1-4-17(15-6-5-7-16(18)10-15)19-11-14-8-9-20(12-14)13(2)3/h5-7,10,13-14,17,19H,4,8-9,11-12H2,1-3H3. The Morgan fingerprint density at radius 2 is 2.20 bits per heavy atom. The summed E-state index contributed by atoms with van der Waals surface area (Å²) < 4.78 is 0. The number of rotatable bonds is 6. The van der Waals surface area contributed by atoms with Gasteiger partial charge in [-0.2, -0.15) is 0 Å². The molecule has 0 aromatic heterocycles. The summed E-state index contributed by atoms with van der Waals surface area (Å²) in [6.45, 7) is 10.4. The van der Waals surface area contributed by atoms with Gasteiger partial charge in [-0.05, 0) is 63.4 Å². The first-order valence-corrected chi connectivity index (χ1v) is 8.20. The van der Waals surface area contributed by atoms with Crippen LogP contribution in [0, 0.1) is 5.92 Å². The Morgan fingerprint density at radius 1 is 1.40 bits per heavy atom. The van der Waals surface area contributed by atoms with E-state index in [0.717, 1.165) is 23.9 Å². The van der Waals surface area contributed by atoms with Crippen LogP contribution in [0.15, 0.2) is 24.3 Å². The molecule has 1 aliphatic heterocycles. The fourth-order valence-electron chi connectivity index (χ4n) is 3.03. The van der Waals surface area contributed by atoms with Crippen molar-refractivity contribution in [1.29, 1.82) is 0 Å². The smallest absolute Gasteiger partial charge is 0.0409 e. The molecule has 1 N–H and O–H groups in total. The van der Waals surface area contributed by atoms with E-state index in [0.29, 0.717) is 12.1 Å². The van der Waals surface area contributed by atoms with E-state index in [1.165, 1.54) is 25.1 Å². The molecule has 2 atom stereocenters. The van der Waals surface area contributed by atoms with E-state index in [1.807, 2.05) is 12.1 Å². The molecule has 0 aliphatic carbocycles. The fourth-order valence-corrected chi connectivity index (χ4v) is 3.23. The first kappa shape index (κ1) is 15.8.